The van der Waals surface area contributed by atoms with Gasteiger partial charge < -0.3 is 14.0 Å². The van der Waals surface area contributed by atoms with Gasteiger partial charge in [-0.25, -0.2) is 4.39 Å². The van der Waals surface area contributed by atoms with Crippen LogP contribution in [0.25, 0.3) is 0 Å². The van der Waals surface area contributed by atoms with Gasteiger partial charge in [-0.15, -0.1) is 0 Å². The molecule has 0 unspecified atom stereocenters. The third kappa shape index (κ3) is 2.58. The van der Waals surface area contributed by atoms with Gasteiger partial charge in [0.1, 0.15) is 0 Å². The zero-order valence-corrected chi connectivity index (χ0v) is 10.4. The molecule has 0 aliphatic heterocycles. The molecule has 0 bridgehead atoms. The van der Waals surface area contributed by atoms with Gasteiger partial charge in [-0.05, 0) is 18.6 Å². The van der Waals surface area contributed by atoms with E-state index in [1.54, 1.807) is 25.3 Å². The Balaban J connectivity index is 1.61. The molecule has 6 heteroatoms. The molecule has 0 amide bonds. The van der Waals surface area contributed by atoms with E-state index in [0.717, 1.165) is 6.42 Å². The van der Waals surface area contributed by atoms with Crippen LogP contribution in [-0.2, 0) is 11.3 Å². The van der Waals surface area contributed by atoms with Gasteiger partial charge in [-0.1, -0.05) is 17.3 Å². The van der Waals surface area contributed by atoms with Crippen LogP contribution in [0, 0.1) is 5.82 Å². The molecule has 1 aliphatic carbocycles. The van der Waals surface area contributed by atoms with E-state index in [4.69, 9.17) is 14.0 Å². The lowest BCUT2D eigenvalue weighted by molar-refractivity contribution is 0.173. The zero-order valence-electron chi connectivity index (χ0n) is 10.4. The fraction of sp³-hybridized carbons (Fsp3) is 0.385. The molecule has 3 rings (SSSR count). The number of ether oxygens (including phenoxy) is 2. The van der Waals surface area contributed by atoms with Gasteiger partial charge >= 0.3 is 0 Å². The molecule has 1 saturated carbocycles. The minimum absolute atomic E-state index is 0.0782. The van der Waals surface area contributed by atoms with Gasteiger partial charge in [-0.3, -0.25) is 0 Å². The van der Waals surface area contributed by atoms with E-state index in [2.05, 4.69) is 10.1 Å². The molecule has 2 atom stereocenters. The first kappa shape index (κ1) is 12.1. The lowest BCUT2D eigenvalue weighted by Crippen LogP contribution is -1.99. The number of benzene rings is 1. The van der Waals surface area contributed by atoms with Gasteiger partial charge in [-0.2, -0.15) is 4.98 Å². The Kier molecular flexibility index (Phi) is 3.16. The topological polar surface area (TPSA) is 57.4 Å². The Morgan fingerprint density at radius 3 is 3.00 bits per heavy atom. The summed E-state index contributed by atoms with van der Waals surface area (Å²) in [6, 6.07) is 6.20. The quantitative estimate of drug-likeness (QED) is 0.829. The molecule has 100 valence electrons. The second-order valence-corrected chi connectivity index (χ2v) is 4.38. The summed E-state index contributed by atoms with van der Waals surface area (Å²) in [5, 5.41) is 3.80. The van der Waals surface area contributed by atoms with E-state index in [1.807, 2.05) is 0 Å². The first-order chi connectivity index (χ1) is 9.28. The number of para-hydroxylation sites is 1. The maximum Gasteiger partial charge on any atom is 0.232 e. The van der Waals surface area contributed by atoms with E-state index in [9.17, 15) is 4.39 Å². The smallest absolute Gasteiger partial charge is 0.232 e. The maximum atomic E-state index is 13.3. The Bertz CT molecular complexity index is 573. The van der Waals surface area contributed by atoms with Crippen LogP contribution in [0.3, 0.4) is 0 Å². The van der Waals surface area contributed by atoms with Crippen molar-refractivity contribution in [3.05, 3.63) is 41.8 Å². The molecule has 0 spiro atoms. The van der Waals surface area contributed by atoms with Crippen LogP contribution in [0.1, 0.15) is 24.1 Å². The number of hydrogen-bond donors (Lipinski definition) is 0. The van der Waals surface area contributed by atoms with Crippen molar-refractivity contribution >= 4 is 0 Å². The predicted molar refractivity (Wildman–Crippen MR) is 63.2 cm³/mol. The zero-order chi connectivity index (χ0) is 13.2. The SMILES string of the molecule is CO[C@@H]1C[C@H]1c1nc(COc2ccccc2F)no1. The number of rotatable bonds is 5. The second kappa shape index (κ2) is 4.97. The van der Waals surface area contributed by atoms with Crippen LogP contribution in [0.15, 0.2) is 28.8 Å². The van der Waals surface area contributed by atoms with Gasteiger partial charge in [0.15, 0.2) is 18.2 Å². The molecule has 2 aromatic rings. The van der Waals surface area contributed by atoms with Crippen molar-refractivity contribution in [2.75, 3.05) is 7.11 Å². The molecule has 5 nitrogen and oxygen atoms in total. The number of aromatic nitrogens is 2. The predicted octanol–water partition coefficient (Wildman–Crippen LogP) is 2.29. The molecular weight excluding hydrogens is 251 g/mol. The van der Waals surface area contributed by atoms with E-state index in [0.29, 0.717) is 11.7 Å². The van der Waals surface area contributed by atoms with Gasteiger partial charge in [0, 0.05) is 7.11 Å². The highest BCUT2D eigenvalue weighted by Crippen LogP contribution is 2.41. The van der Waals surface area contributed by atoms with E-state index < -0.39 is 5.82 Å². The van der Waals surface area contributed by atoms with Crippen LogP contribution < -0.4 is 4.74 Å². The van der Waals surface area contributed by atoms with E-state index in [-0.39, 0.29) is 24.4 Å². The largest absolute Gasteiger partial charge is 0.482 e. The Hall–Kier alpha value is -1.95. The van der Waals surface area contributed by atoms with Crippen molar-refractivity contribution in [3.63, 3.8) is 0 Å². The van der Waals surface area contributed by atoms with Crippen LogP contribution in [-0.4, -0.2) is 23.4 Å². The lowest BCUT2D eigenvalue weighted by atomic mass is 10.3. The average Bonchev–Trinajstić information content (AvgIpc) is 3.08. The molecule has 1 aliphatic rings. The summed E-state index contributed by atoms with van der Waals surface area (Å²) < 4.78 is 28.9. The van der Waals surface area contributed by atoms with Crippen molar-refractivity contribution in [1.29, 1.82) is 0 Å². The minimum Gasteiger partial charge on any atom is -0.482 e. The fourth-order valence-corrected chi connectivity index (χ4v) is 1.87. The Morgan fingerprint density at radius 1 is 1.42 bits per heavy atom. The third-order valence-corrected chi connectivity index (χ3v) is 3.03. The molecule has 1 aromatic heterocycles. The Labute approximate surface area is 109 Å². The highest BCUT2D eigenvalue weighted by atomic mass is 19.1. The summed E-state index contributed by atoms with van der Waals surface area (Å²) in [5.74, 6) is 0.904. The molecule has 1 heterocycles. The summed E-state index contributed by atoms with van der Waals surface area (Å²) in [6.45, 7) is 0.0782. The summed E-state index contributed by atoms with van der Waals surface area (Å²) >= 11 is 0. The van der Waals surface area contributed by atoms with Gasteiger partial charge in [0.25, 0.3) is 0 Å². The summed E-state index contributed by atoms with van der Waals surface area (Å²) in [7, 11) is 1.66. The van der Waals surface area contributed by atoms with E-state index in [1.165, 1.54) is 6.07 Å². The molecule has 1 fully saturated rings. The van der Waals surface area contributed by atoms with Crippen molar-refractivity contribution in [2.24, 2.45) is 0 Å². The van der Waals surface area contributed by atoms with Crippen molar-refractivity contribution in [1.82, 2.24) is 10.1 Å². The van der Waals surface area contributed by atoms with Crippen molar-refractivity contribution < 1.29 is 18.4 Å². The summed E-state index contributed by atoms with van der Waals surface area (Å²) in [4.78, 5) is 4.21. The number of methoxy groups -OCH3 is 1. The highest BCUT2D eigenvalue weighted by molar-refractivity contribution is 5.23. The summed E-state index contributed by atoms with van der Waals surface area (Å²) in [5.41, 5.74) is 0. The lowest BCUT2D eigenvalue weighted by Gasteiger charge is -2.03. The monoisotopic (exact) mass is 264 g/mol. The minimum atomic E-state index is -0.409. The number of hydrogen-bond acceptors (Lipinski definition) is 5. The molecule has 0 N–H and O–H groups in total. The van der Waals surface area contributed by atoms with Crippen molar-refractivity contribution in [2.45, 2.75) is 25.0 Å². The first-order valence-electron chi connectivity index (χ1n) is 6.00. The van der Waals surface area contributed by atoms with E-state index >= 15 is 0 Å². The average molecular weight is 264 g/mol. The molecule has 0 saturated heterocycles. The normalized spacial score (nSPS) is 21.4. The highest BCUT2D eigenvalue weighted by Gasteiger charge is 2.43. The fourth-order valence-electron chi connectivity index (χ4n) is 1.87. The van der Waals surface area contributed by atoms with Crippen LogP contribution in [0.5, 0.6) is 5.75 Å². The van der Waals surface area contributed by atoms with Crippen LogP contribution >= 0.6 is 0 Å². The van der Waals surface area contributed by atoms with Crippen molar-refractivity contribution in [3.8, 4) is 5.75 Å². The van der Waals surface area contributed by atoms with Crippen LogP contribution in [0.4, 0.5) is 4.39 Å². The molecule has 19 heavy (non-hydrogen) atoms. The molecular formula is C13H13FN2O3. The third-order valence-electron chi connectivity index (χ3n) is 3.03. The first-order valence-corrected chi connectivity index (χ1v) is 6.00. The van der Waals surface area contributed by atoms with Crippen LogP contribution in [0.2, 0.25) is 0 Å². The molecule has 1 aromatic carbocycles. The Morgan fingerprint density at radius 2 is 2.26 bits per heavy atom. The molecule has 0 radical (unpaired) electrons. The number of halogens is 1. The van der Waals surface area contributed by atoms with Gasteiger partial charge in [0.2, 0.25) is 11.7 Å². The maximum absolute atomic E-state index is 13.3. The summed E-state index contributed by atoms with van der Waals surface area (Å²) in [6.07, 6.45) is 1.06. The standard InChI is InChI=1S/C13H13FN2O3/c1-17-11-6-8(11)13-15-12(16-19-13)7-18-10-5-3-2-4-9(10)14/h2-5,8,11H,6-7H2,1H3/t8-,11-/m1/s1. The van der Waals surface area contributed by atoms with Gasteiger partial charge in [0.05, 0.1) is 12.0 Å². The number of nitrogens with zero attached hydrogens (tertiary/aromatic N) is 2. The second-order valence-electron chi connectivity index (χ2n) is 4.38.